The van der Waals surface area contributed by atoms with Crippen LogP contribution in [0.25, 0.3) is 0 Å². The second-order valence-corrected chi connectivity index (χ2v) is 6.88. The average Bonchev–Trinajstić information content (AvgIpc) is 2.61. The van der Waals surface area contributed by atoms with Gasteiger partial charge in [-0.05, 0) is 49.8 Å². The summed E-state index contributed by atoms with van der Waals surface area (Å²) in [5.74, 6) is 1.47. The van der Waals surface area contributed by atoms with E-state index in [-0.39, 0.29) is 41.7 Å². The molecule has 1 rings (SSSR count). The highest BCUT2D eigenvalue weighted by atomic mass is 127. The van der Waals surface area contributed by atoms with Crippen molar-refractivity contribution in [2.75, 3.05) is 25.9 Å². The van der Waals surface area contributed by atoms with E-state index in [0.717, 1.165) is 30.0 Å². The van der Waals surface area contributed by atoms with Crippen molar-refractivity contribution >= 4 is 47.6 Å². The summed E-state index contributed by atoms with van der Waals surface area (Å²) >= 11 is 1.70. The van der Waals surface area contributed by atoms with Gasteiger partial charge in [-0.15, -0.1) is 35.7 Å². The fourth-order valence-electron chi connectivity index (χ4n) is 1.96. The first kappa shape index (κ1) is 25.0. The molecular weight excluding hydrogens is 466 g/mol. The van der Waals surface area contributed by atoms with Crippen LogP contribution in [0.5, 0.6) is 0 Å². The predicted octanol–water partition coefficient (Wildman–Crippen LogP) is 3.40. The number of carbonyl (C=O) groups is 1. The predicted molar refractivity (Wildman–Crippen MR) is 119 cm³/mol. The van der Waals surface area contributed by atoms with Crippen LogP contribution in [0.1, 0.15) is 33.1 Å². The third-order valence-electron chi connectivity index (χ3n) is 3.58. The Kier molecular flexibility index (Phi) is 14.5. The van der Waals surface area contributed by atoms with E-state index < -0.39 is 0 Å². The lowest BCUT2D eigenvalue weighted by atomic mass is 10.2. The van der Waals surface area contributed by atoms with E-state index in [1.54, 1.807) is 30.9 Å². The highest BCUT2D eigenvalue weighted by Gasteiger charge is 2.05. The fraction of sp³-hybridized carbons (Fsp3) is 0.556. The number of nitrogens with zero attached hydrogens (tertiary/aromatic N) is 1. The Morgan fingerprint density at radius 3 is 2.50 bits per heavy atom. The van der Waals surface area contributed by atoms with Crippen LogP contribution in [-0.2, 0) is 4.79 Å². The minimum atomic E-state index is -0.210. The first-order valence-electron chi connectivity index (χ1n) is 8.67. The minimum Gasteiger partial charge on any atom is -0.356 e. The number of rotatable bonds is 10. The number of thioether (sulfide) groups is 1. The van der Waals surface area contributed by atoms with Gasteiger partial charge in [-0.3, -0.25) is 9.79 Å². The molecule has 0 saturated carbocycles. The molecule has 148 valence electrons. The van der Waals surface area contributed by atoms with Crippen molar-refractivity contribution in [2.24, 2.45) is 4.99 Å². The van der Waals surface area contributed by atoms with E-state index in [1.165, 1.54) is 12.1 Å². The molecule has 1 unspecified atom stereocenters. The lowest BCUT2D eigenvalue weighted by Crippen LogP contribution is -2.40. The van der Waals surface area contributed by atoms with Crippen molar-refractivity contribution in [1.29, 1.82) is 0 Å². The monoisotopic (exact) mass is 496 g/mol. The summed E-state index contributed by atoms with van der Waals surface area (Å²) in [6, 6.07) is 6.74. The van der Waals surface area contributed by atoms with Crippen LogP contribution >= 0.6 is 35.7 Å². The summed E-state index contributed by atoms with van der Waals surface area (Å²) < 4.78 is 12.8. The van der Waals surface area contributed by atoms with Crippen LogP contribution in [0.4, 0.5) is 4.39 Å². The van der Waals surface area contributed by atoms with Crippen LogP contribution < -0.4 is 16.0 Å². The minimum absolute atomic E-state index is 0. The van der Waals surface area contributed by atoms with E-state index in [0.29, 0.717) is 18.9 Å². The standard InChI is InChI=1S/C18H29FN4OS.HI/c1-4-14(2)23-17(24)10-12-22-18(20-3)21-11-5-13-25-16-8-6-15(19)7-9-16;/h6-9,14H,4-5,10-13H2,1-3H3,(H,23,24)(H2,20,21,22);1H. The number of benzene rings is 1. The second kappa shape index (κ2) is 15.1. The first-order chi connectivity index (χ1) is 12.0. The molecule has 0 aromatic heterocycles. The quantitative estimate of drug-likeness (QED) is 0.153. The number of carbonyl (C=O) groups excluding carboxylic acids is 1. The molecule has 0 saturated heterocycles. The molecule has 0 aliphatic heterocycles. The van der Waals surface area contributed by atoms with Gasteiger partial charge < -0.3 is 16.0 Å². The van der Waals surface area contributed by atoms with Crippen molar-refractivity contribution in [3.05, 3.63) is 30.1 Å². The van der Waals surface area contributed by atoms with E-state index >= 15 is 0 Å². The Balaban J connectivity index is 0.00000625. The number of guanidine groups is 1. The van der Waals surface area contributed by atoms with Crippen LogP contribution in [0, 0.1) is 5.82 Å². The van der Waals surface area contributed by atoms with Gasteiger partial charge in [-0.2, -0.15) is 0 Å². The van der Waals surface area contributed by atoms with Crippen molar-refractivity contribution in [3.8, 4) is 0 Å². The summed E-state index contributed by atoms with van der Waals surface area (Å²) in [5.41, 5.74) is 0. The Bertz CT molecular complexity index is 542. The molecule has 0 heterocycles. The van der Waals surface area contributed by atoms with Crippen molar-refractivity contribution in [2.45, 2.75) is 44.0 Å². The van der Waals surface area contributed by atoms with Crippen LogP contribution in [0.2, 0.25) is 0 Å². The summed E-state index contributed by atoms with van der Waals surface area (Å²) in [7, 11) is 1.71. The summed E-state index contributed by atoms with van der Waals surface area (Å²) in [6.07, 6.45) is 2.31. The zero-order valence-corrected chi connectivity index (χ0v) is 18.8. The van der Waals surface area contributed by atoms with Crippen LogP contribution in [0.3, 0.4) is 0 Å². The van der Waals surface area contributed by atoms with Gasteiger partial charge in [-0.1, -0.05) is 6.92 Å². The molecule has 3 N–H and O–H groups in total. The third kappa shape index (κ3) is 11.6. The van der Waals surface area contributed by atoms with Gasteiger partial charge in [0.1, 0.15) is 5.82 Å². The number of nitrogens with one attached hydrogen (secondary N) is 3. The van der Waals surface area contributed by atoms with E-state index in [1.807, 2.05) is 13.8 Å². The van der Waals surface area contributed by atoms with Gasteiger partial charge in [0.15, 0.2) is 5.96 Å². The Labute approximate surface area is 177 Å². The molecule has 0 spiro atoms. The van der Waals surface area contributed by atoms with Gasteiger partial charge in [-0.25, -0.2) is 4.39 Å². The zero-order chi connectivity index (χ0) is 18.5. The average molecular weight is 496 g/mol. The Morgan fingerprint density at radius 2 is 1.88 bits per heavy atom. The largest absolute Gasteiger partial charge is 0.356 e. The second-order valence-electron chi connectivity index (χ2n) is 5.71. The maximum Gasteiger partial charge on any atom is 0.221 e. The molecule has 0 fully saturated rings. The first-order valence-corrected chi connectivity index (χ1v) is 9.66. The van der Waals surface area contributed by atoms with Gasteiger partial charge in [0, 0.05) is 37.5 Å². The maximum absolute atomic E-state index is 12.8. The molecule has 1 atom stereocenters. The van der Waals surface area contributed by atoms with E-state index in [4.69, 9.17) is 0 Å². The fourth-order valence-corrected chi connectivity index (χ4v) is 2.82. The molecule has 1 amide bonds. The molecule has 0 aliphatic rings. The molecular formula is C18H30FIN4OS. The number of hydrogen-bond donors (Lipinski definition) is 3. The smallest absolute Gasteiger partial charge is 0.221 e. The van der Waals surface area contributed by atoms with E-state index in [2.05, 4.69) is 20.9 Å². The molecule has 1 aromatic rings. The van der Waals surface area contributed by atoms with Crippen LogP contribution in [-0.4, -0.2) is 43.8 Å². The number of aliphatic imine (C=N–C) groups is 1. The molecule has 1 aromatic carbocycles. The van der Waals surface area contributed by atoms with Gasteiger partial charge in [0.05, 0.1) is 0 Å². The number of amides is 1. The molecule has 0 radical (unpaired) electrons. The third-order valence-corrected chi connectivity index (χ3v) is 4.68. The normalized spacial score (nSPS) is 12.1. The summed E-state index contributed by atoms with van der Waals surface area (Å²) in [4.78, 5) is 16.9. The maximum atomic E-state index is 12.8. The lowest BCUT2D eigenvalue weighted by Gasteiger charge is -2.13. The van der Waals surface area contributed by atoms with Crippen LogP contribution in [0.15, 0.2) is 34.2 Å². The Hall–Kier alpha value is -1.03. The molecule has 0 aliphatic carbocycles. The van der Waals surface area contributed by atoms with Crippen molar-refractivity contribution in [1.82, 2.24) is 16.0 Å². The lowest BCUT2D eigenvalue weighted by molar-refractivity contribution is -0.121. The summed E-state index contributed by atoms with van der Waals surface area (Å²) in [5, 5.41) is 9.30. The van der Waals surface area contributed by atoms with Crippen molar-refractivity contribution in [3.63, 3.8) is 0 Å². The molecule has 0 bridgehead atoms. The van der Waals surface area contributed by atoms with Gasteiger partial charge in [0.2, 0.25) is 5.91 Å². The zero-order valence-electron chi connectivity index (χ0n) is 15.7. The molecule has 8 heteroatoms. The molecule has 26 heavy (non-hydrogen) atoms. The number of hydrogen-bond acceptors (Lipinski definition) is 3. The molecule has 5 nitrogen and oxygen atoms in total. The SMILES string of the molecule is CCC(C)NC(=O)CCNC(=NC)NCCCSc1ccc(F)cc1.I. The summed E-state index contributed by atoms with van der Waals surface area (Å²) in [6.45, 7) is 5.37. The van der Waals surface area contributed by atoms with E-state index in [9.17, 15) is 9.18 Å². The highest BCUT2D eigenvalue weighted by Crippen LogP contribution is 2.18. The van der Waals surface area contributed by atoms with Gasteiger partial charge in [0.25, 0.3) is 0 Å². The van der Waals surface area contributed by atoms with Gasteiger partial charge >= 0.3 is 0 Å². The van der Waals surface area contributed by atoms with Crippen molar-refractivity contribution < 1.29 is 9.18 Å². The topological polar surface area (TPSA) is 65.5 Å². The highest BCUT2D eigenvalue weighted by molar-refractivity contribution is 14.0. The number of halogens is 2. The Morgan fingerprint density at radius 1 is 1.23 bits per heavy atom.